The third kappa shape index (κ3) is 3.88. The second kappa shape index (κ2) is 9.35. The lowest BCUT2D eigenvalue weighted by Gasteiger charge is -2.25. The summed E-state index contributed by atoms with van der Waals surface area (Å²) in [5.41, 5.74) is 2.46. The molecule has 0 bridgehead atoms. The van der Waals surface area contributed by atoms with Crippen LogP contribution in [0.3, 0.4) is 0 Å². The first-order valence-corrected chi connectivity index (χ1v) is 12.1. The van der Waals surface area contributed by atoms with Gasteiger partial charge >= 0.3 is 5.97 Å². The predicted molar refractivity (Wildman–Crippen MR) is 137 cm³/mol. The van der Waals surface area contributed by atoms with E-state index < -0.39 is 12.0 Å². The average Bonchev–Trinajstić information content (AvgIpc) is 3.22. The smallest absolute Gasteiger partial charge is 0.338 e. The predicted octanol–water partition coefficient (Wildman–Crippen LogP) is 3.96. The fourth-order valence-electron chi connectivity index (χ4n) is 4.55. The standard InChI is InChI=1S/C28H24N2O4S/c1-4-21-24(27(32)34-3)25(18-11-6-5-7-12-18)30-26(31)23(35-28(30)29-21)16-20-19-13-9-8-10-17(19)14-15-22(20)33-2/h5-16,25H,4H2,1-3H3/b23-16+/t25-/m1/s1. The molecule has 6 nitrogen and oxygen atoms in total. The number of esters is 1. The highest BCUT2D eigenvalue weighted by Gasteiger charge is 2.33. The lowest BCUT2D eigenvalue weighted by atomic mass is 9.95. The third-order valence-corrected chi connectivity index (χ3v) is 7.17. The summed E-state index contributed by atoms with van der Waals surface area (Å²) in [5.74, 6) is 0.197. The maximum atomic E-state index is 13.9. The van der Waals surface area contributed by atoms with E-state index in [1.807, 2.05) is 79.7 Å². The Labute approximate surface area is 206 Å². The van der Waals surface area contributed by atoms with Crippen LogP contribution in [-0.2, 0) is 9.53 Å². The Morgan fingerprint density at radius 1 is 1.06 bits per heavy atom. The number of thiazole rings is 1. The van der Waals surface area contributed by atoms with Gasteiger partial charge in [0, 0.05) is 5.56 Å². The second-order valence-corrected chi connectivity index (χ2v) is 9.11. The Hall–Kier alpha value is -3.97. The minimum Gasteiger partial charge on any atom is -0.496 e. The molecular formula is C28H24N2O4S. The molecule has 1 aliphatic heterocycles. The van der Waals surface area contributed by atoms with E-state index in [1.165, 1.54) is 18.4 Å². The van der Waals surface area contributed by atoms with Crippen molar-refractivity contribution in [2.24, 2.45) is 4.99 Å². The largest absolute Gasteiger partial charge is 0.496 e. The number of nitrogens with zero attached hydrogens (tertiary/aromatic N) is 2. The van der Waals surface area contributed by atoms with Crippen LogP contribution in [0.2, 0.25) is 0 Å². The number of aromatic nitrogens is 1. The lowest BCUT2D eigenvalue weighted by molar-refractivity contribution is -0.136. The van der Waals surface area contributed by atoms with Gasteiger partial charge in [-0.05, 0) is 34.9 Å². The molecule has 5 rings (SSSR count). The van der Waals surface area contributed by atoms with E-state index in [2.05, 4.69) is 0 Å². The van der Waals surface area contributed by atoms with Gasteiger partial charge in [-0.3, -0.25) is 9.36 Å². The molecule has 0 unspecified atom stereocenters. The number of carbonyl (C=O) groups excluding carboxylic acids is 1. The van der Waals surface area contributed by atoms with Gasteiger partial charge in [0.1, 0.15) is 5.75 Å². The number of rotatable bonds is 5. The molecule has 1 aliphatic rings. The number of hydrogen-bond acceptors (Lipinski definition) is 6. The number of benzene rings is 3. The van der Waals surface area contributed by atoms with Crippen molar-refractivity contribution in [1.29, 1.82) is 0 Å². The van der Waals surface area contributed by atoms with Crippen molar-refractivity contribution in [2.75, 3.05) is 14.2 Å². The molecule has 0 fully saturated rings. The zero-order chi connectivity index (χ0) is 24.5. The fourth-order valence-corrected chi connectivity index (χ4v) is 5.55. The van der Waals surface area contributed by atoms with E-state index in [4.69, 9.17) is 14.5 Å². The van der Waals surface area contributed by atoms with Gasteiger partial charge in [0.15, 0.2) is 4.80 Å². The molecule has 2 heterocycles. The van der Waals surface area contributed by atoms with Crippen LogP contribution in [0.1, 0.15) is 30.5 Å². The summed E-state index contributed by atoms with van der Waals surface area (Å²) < 4.78 is 12.9. The molecular weight excluding hydrogens is 460 g/mol. The maximum Gasteiger partial charge on any atom is 0.338 e. The molecule has 4 aromatic rings. The van der Waals surface area contributed by atoms with Crippen molar-refractivity contribution in [2.45, 2.75) is 19.4 Å². The van der Waals surface area contributed by atoms with Crippen LogP contribution < -0.4 is 19.6 Å². The van der Waals surface area contributed by atoms with Crippen LogP contribution in [0.25, 0.3) is 16.8 Å². The molecule has 1 atom stereocenters. The van der Waals surface area contributed by atoms with Gasteiger partial charge in [-0.1, -0.05) is 78.9 Å². The number of carbonyl (C=O) groups is 1. The molecule has 0 saturated carbocycles. The van der Waals surface area contributed by atoms with Crippen LogP contribution in [0.4, 0.5) is 0 Å². The summed E-state index contributed by atoms with van der Waals surface area (Å²) in [6.07, 6.45) is 2.40. The highest BCUT2D eigenvalue weighted by molar-refractivity contribution is 7.07. The highest BCUT2D eigenvalue weighted by Crippen LogP contribution is 2.32. The van der Waals surface area contributed by atoms with Crippen molar-refractivity contribution < 1.29 is 14.3 Å². The Kier molecular flexibility index (Phi) is 6.09. The number of allylic oxidation sites excluding steroid dienone is 1. The molecule has 176 valence electrons. The molecule has 0 N–H and O–H groups in total. The van der Waals surface area contributed by atoms with Crippen molar-refractivity contribution in [3.63, 3.8) is 0 Å². The maximum absolute atomic E-state index is 13.9. The first-order valence-electron chi connectivity index (χ1n) is 11.3. The Morgan fingerprint density at radius 2 is 1.80 bits per heavy atom. The summed E-state index contributed by atoms with van der Waals surface area (Å²) in [4.78, 5) is 32.0. The number of fused-ring (bicyclic) bond motifs is 2. The summed E-state index contributed by atoms with van der Waals surface area (Å²) >= 11 is 1.31. The van der Waals surface area contributed by atoms with Crippen LogP contribution in [0, 0.1) is 0 Å². The van der Waals surface area contributed by atoms with E-state index in [1.54, 1.807) is 11.7 Å². The van der Waals surface area contributed by atoms with Gasteiger partial charge < -0.3 is 9.47 Å². The van der Waals surface area contributed by atoms with Crippen LogP contribution in [0.15, 0.2) is 87.8 Å². The summed E-state index contributed by atoms with van der Waals surface area (Å²) in [6.45, 7) is 1.94. The normalized spacial score (nSPS) is 15.6. The molecule has 35 heavy (non-hydrogen) atoms. The summed E-state index contributed by atoms with van der Waals surface area (Å²) in [6, 6.07) is 20.8. The fraction of sp³-hybridized carbons (Fsp3) is 0.179. The van der Waals surface area contributed by atoms with Crippen LogP contribution in [0.5, 0.6) is 5.75 Å². The molecule has 0 amide bonds. The summed E-state index contributed by atoms with van der Waals surface area (Å²) in [5, 5.41) is 2.04. The van der Waals surface area contributed by atoms with Gasteiger partial charge in [-0.25, -0.2) is 9.79 Å². The van der Waals surface area contributed by atoms with E-state index in [-0.39, 0.29) is 5.56 Å². The number of hydrogen-bond donors (Lipinski definition) is 0. The van der Waals surface area contributed by atoms with E-state index in [0.717, 1.165) is 21.9 Å². The van der Waals surface area contributed by atoms with Gasteiger partial charge in [0.05, 0.1) is 36.1 Å². The number of ether oxygens (including phenoxy) is 2. The Balaban J connectivity index is 1.82. The summed E-state index contributed by atoms with van der Waals surface area (Å²) in [7, 11) is 2.97. The van der Waals surface area contributed by atoms with Gasteiger partial charge in [0.2, 0.25) is 0 Å². The van der Waals surface area contributed by atoms with Crippen molar-refractivity contribution in [1.82, 2.24) is 4.57 Å². The quantitative estimate of drug-likeness (QED) is 0.402. The SMILES string of the molecule is CCC1=C(C(=O)OC)[C@@H](c2ccccc2)n2c(s/c(=C/c3c(OC)ccc4ccccc34)c2=O)=N1. The molecule has 0 spiro atoms. The Morgan fingerprint density at radius 3 is 2.51 bits per heavy atom. The molecule has 1 aromatic heterocycles. The van der Waals surface area contributed by atoms with Crippen LogP contribution in [-0.4, -0.2) is 24.8 Å². The topological polar surface area (TPSA) is 69.9 Å². The minimum absolute atomic E-state index is 0.214. The molecule has 0 saturated heterocycles. The lowest BCUT2D eigenvalue weighted by Crippen LogP contribution is -2.40. The third-order valence-electron chi connectivity index (χ3n) is 6.19. The van der Waals surface area contributed by atoms with Crippen molar-refractivity contribution in [3.8, 4) is 5.75 Å². The molecule has 0 radical (unpaired) electrons. The number of methoxy groups -OCH3 is 2. The second-order valence-electron chi connectivity index (χ2n) is 8.10. The van der Waals surface area contributed by atoms with E-state index >= 15 is 0 Å². The van der Waals surface area contributed by atoms with Crippen LogP contribution >= 0.6 is 11.3 Å². The van der Waals surface area contributed by atoms with E-state index in [9.17, 15) is 9.59 Å². The van der Waals surface area contributed by atoms with Gasteiger partial charge in [-0.15, -0.1) is 0 Å². The molecule has 0 aliphatic carbocycles. The van der Waals surface area contributed by atoms with Crippen molar-refractivity contribution in [3.05, 3.63) is 109 Å². The highest BCUT2D eigenvalue weighted by atomic mass is 32.1. The monoisotopic (exact) mass is 484 g/mol. The van der Waals surface area contributed by atoms with E-state index in [0.29, 0.717) is 32.8 Å². The molecule has 7 heteroatoms. The zero-order valence-corrected chi connectivity index (χ0v) is 20.5. The first kappa shape index (κ1) is 22.8. The Bertz CT molecular complexity index is 1650. The van der Waals surface area contributed by atoms with Gasteiger partial charge in [0.25, 0.3) is 5.56 Å². The zero-order valence-electron chi connectivity index (χ0n) is 19.6. The van der Waals surface area contributed by atoms with Crippen molar-refractivity contribution >= 4 is 34.2 Å². The minimum atomic E-state index is -0.619. The van der Waals surface area contributed by atoms with Gasteiger partial charge in [-0.2, -0.15) is 0 Å². The molecule has 3 aromatic carbocycles. The first-order chi connectivity index (χ1) is 17.1. The average molecular weight is 485 g/mol.